The lowest BCUT2D eigenvalue weighted by atomic mass is 9.92. The third-order valence-electron chi connectivity index (χ3n) is 2.99. The van der Waals surface area contributed by atoms with Gasteiger partial charge in [-0.15, -0.1) is 0 Å². The summed E-state index contributed by atoms with van der Waals surface area (Å²) in [5.74, 6) is -0.122. The van der Waals surface area contributed by atoms with E-state index in [2.05, 4.69) is 5.32 Å². The molecule has 88 valence electrons. The SMILES string of the molecule is CCC[C@H](N)C(=O)N[C@H]1CCCC[C@@H]1O. The average molecular weight is 214 g/mol. The third-order valence-corrected chi connectivity index (χ3v) is 2.99. The predicted octanol–water partition coefficient (Wildman–Crippen LogP) is 0.533. The zero-order chi connectivity index (χ0) is 11.3. The monoisotopic (exact) mass is 214 g/mol. The zero-order valence-corrected chi connectivity index (χ0v) is 9.41. The van der Waals surface area contributed by atoms with Crippen LogP contribution in [0.2, 0.25) is 0 Å². The molecule has 1 amide bonds. The summed E-state index contributed by atoms with van der Waals surface area (Å²) in [6.45, 7) is 2.00. The first-order valence-electron chi connectivity index (χ1n) is 5.89. The van der Waals surface area contributed by atoms with Crippen LogP contribution >= 0.6 is 0 Å². The minimum Gasteiger partial charge on any atom is -0.391 e. The topological polar surface area (TPSA) is 75.4 Å². The molecule has 0 heterocycles. The van der Waals surface area contributed by atoms with E-state index in [-0.39, 0.29) is 11.9 Å². The molecular formula is C11H22N2O2. The highest BCUT2D eigenvalue weighted by molar-refractivity contribution is 5.81. The Labute approximate surface area is 91.2 Å². The molecule has 0 radical (unpaired) electrons. The Kier molecular flexibility index (Phi) is 5.05. The first-order valence-corrected chi connectivity index (χ1v) is 5.89. The van der Waals surface area contributed by atoms with E-state index in [1.165, 1.54) is 0 Å². The summed E-state index contributed by atoms with van der Waals surface area (Å²) in [6, 6.07) is -0.515. The van der Waals surface area contributed by atoms with Gasteiger partial charge in [-0.3, -0.25) is 4.79 Å². The molecule has 0 aliphatic heterocycles. The molecule has 0 aromatic rings. The van der Waals surface area contributed by atoms with E-state index in [9.17, 15) is 9.90 Å². The first kappa shape index (κ1) is 12.5. The molecule has 1 saturated carbocycles. The van der Waals surface area contributed by atoms with Gasteiger partial charge in [0.05, 0.1) is 18.2 Å². The van der Waals surface area contributed by atoms with Gasteiger partial charge in [-0.25, -0.2) is 0 Å². The van der Waals surface area contributed by atoms with Crippen molar-refractivity contribution in [3.63, 3.8) is 0 Å². The maximum atomic E-state index is 11.6. The fourth-order valence-electron chi connectivity index (χ4n) is 2.01. The number of carbonyl (C=O) groups excluding carboxylic acids is 1. The Morgan fingerprint density at radius 1 is 1.53 bits per heavy atom. The van der Waals surface area contributed by atoms with Crippen molar-refractivity contribution >= 4 is 5.91 Å². The highest BCUT2D eigenvalue weighted by Gasteiger charge is 2.25. The molecule has 0 unspecified atom stereocenters. The number of rotatable bonds is 4. The van der Waals surface area contributed by atoms with Crippen LogP contribution in [0.25, 0.3) is 0 Å². The van der Waals surface area contributed by atoms with Gasteiger partial charge >= 0.3 is 0 Å². The predicted molar refractivity (Wildman–Crippen MR) is 59.3 cm³/mol. The van der Waals surface area contributed by atoms with Crippen LogP contribution in [0, 0.1) is 0 Å². The second-order valence-corrected chi connectivity index (χ2v) is 4.36. The largest absolute Gasteiger partial charge is 0.391 e. The number of amides is 1. The molecule has 0 saturated heterocycles. The number of aliphatic hydroxyl groups excluding tert-OH is 1. The zero-order valence-electron chi connectivity index (χ0n) is 9.41. The quantitative estimate of drug-likeness (QED) is 0.639. The Hall–Kier alpha value is -0.610. The molecule has 0 aromatic carbocycles. The van der Waals surface area contributed by atoms with Gasteiger partial charge in [0.1, 0.15) is 0 Å². The summed E-state index contributed by atoms with van der Waals surface area (Å²) in [5, 5.41) is 12.5. The van der Waals surface area contributed by atoms with Crippen LogP contribution in [-0.4, -0.2) is 29.2 Å². The number of hydrogen-bond acceptors (Lipinski definition) is 3. The molecule has 4 N–H and O–H groups in total. The molecular weight excluding hydrogens is 192 g/mol. The van der Waals surface area contributed by atoms with Gasteiger partial charge in [0.15, 0.2) is 0 Å². The molecule has 4 nitrogen and oxygen atoms in total. The highest BCUT2D eigenvalue weighted by atomic mass is 16.3. The minimum absolute atomic E-state index is 0.0887. The lowest BCUT2D eigenvalue weighted by Crippen LogP contribution is -2.50. The lowest BCUT2D eigenvalue weighted by molar-refractivity contribution is -0.124. The number of nitrogens with two attached hydrogens (primary N) is 1. The van der Waals surface area contributed by atoms with Crippen molar-refractivity contribution < 1.29 is 9.90 Å². The van der Waals surface area contributed by atoms with Gasteiger partial charge in [-0.2, -0.15) is 0 Å². The van der Waals surface area contributed by atoms with Crippen molar-refractivity contribution in [2.24, 2.45) is 5.73 Å². The maximum absolute atomic E-state index is 11.6. The summed E-state index contributed by atoms with van der Waals surface area (Å²) in [6.07, 6.45) is 4.99. The summed E-state index contributed by atoms with van der Waals surface area (Å²) < 4.78 is 0. The second-order valence-electron chi connectivity index (χ2n) is 4.36. The van der Waals surface area contributed by atoms with E-state index in [4.69, 9.17) is 5.73 Å². The van der Waals surface area contributed by atoms with Gasteiger partial charge in [0, 0.05) is 0 Å². The summed E-state index contributed by atoms with van der Waals surface area (Å²) >= 11 is 0. The number of aliphatic hydroxyl groups is 1. The Balaban J connectivity index is 2.35. The summed E-state index contributed by atoms with van der Waals surface area (Å²) in [4.78, 5) is 11.6. The molecule has 0 aromatic heterocycles. The molecule has 15 heavy (non-hydrogen) atoms. The van der Waals surface area contributed by atoms with Crippen LogP contribution in [0.5, 0.6) is 0 Å². The number of hydrogen-bond donors (Lipinski definition) is 3. The van der Waals surface area contributed by atoms with Crippen molar-refractivity contribution in [2.75, 3.05) is 0 Å². The van der Waals surface area contributed by atoms with Gasteiger partial charge in [0.25, 0.3) is 0 Å². The van der Waals surface area contributed by atoms with Crippen molar-refractivity contribution in [1.29, 1.82) is 0 Å². The molecule has 0 bridgehead atoms. The normalized spacial score (nSPS) is 28.5. The van der Waals surface area contributed by atoms with Crippen LogP contribution in [0.1, 0.15) is 45.4 Å². The van der Waals surface area contributed by atoms with Crippen LogP contribution in [0.3, 0.4) is 0 Å². The molecule has 0 spiro atoms. The highest BCUT2D eigenvalue weighted by Crippen LogP contribution is 2.18. The van der Waals surface area contributed by atoms with Crippen LogP contribution in [-0.2, 0) is 4.79 Å². The molecule has 3 atom stereocenters. The lowest BCUT2D eigenvalue weighted by Gasteiger charge is -2.29. The molecule has 1 aliphatic rings. The van der Waals surface area contributed by atoms with Crippen LogP contribution in [0.15, 0.2) is 0 Å². The van der Waals surface area contributed by atoms with Crippen molar-refractivity contribution in [3.05, 3.63) is 0 Å². The fraction of sp³-hybridized carbons (Fsp3) is 0.909. The molecule has 1 fully saturated rings. The van der Waals surface area contributed by atoms with E-state index in [1.807, 2.05) is 6.92 Å². The van der Waals surface area contributed by atoms with Gasteiger partial charge in [0.2, 0.25) is 5.91 Å². The maximum Gasteiger partial charge on any atom is 0.237 e. The number of nitrogens with one attached hydrogen (secondary N) is 1. The van der Waals surface area contributed by atoms with E-state index in [0.717, 1.165) is 32.1 Å². The molecule has 4 heteroatoms. The third kappa shape index (κ3) is 3.80. The Morgan fingerprint density at radius 3 is 2.80 bits per heavy atom. The van der Waals surface area contributed by atoms with E-state index < -0.39 is 12.1 Å². The van der Waals surface area contributed by atoms with Crippen molar-refractivity contribution in [1.82, 2.24) is 5.32 Å². The van der Waals surface area contributed by atoms with E-state index >= 15 is 0 Å². The van der Waals surface area contributed by atoms with Gasteiger partial charge < -0.3 is 16.2 Å². The first-order chi connectivity index (χ1) is 7.15. The standard InChI is InChI=1S/C11H22N2O2/c1-2-5-8(12)11(15)13-9-6-3-4-7-10(9)14/h8-10,14H,2-7,12H2,1H3,(H,13,15)/t8-,9-,10-/m0/s1. The smallest absolute Gasteiger partial charge is 0.237 e. The average Bonchev–Trinajstić information content (AvgIpc) is 2.21. The second kappa shape index (κ2) is 6.08. The van der Waals surface area contributed by atoms with Crippen molar-refractivity contribution in [2.45, 2.75) is 63.6 Å². The summed E-state index contributed by atoms with van der Waals surface area (Å²) in [5.41, 5.74) is 5.70. The van der Waals surface area contributed by atoms with Gasteiger partial charge in [-0.05, 0) is 19.3 Å². The minimum atomic E-state index is -0.427. The van der Waals surface area contributed by atoms with Gasteiger partial charge in [-0.1, -0.05) is 26.2 Å². The Bertz CT molecular complexity index is 209. The number of carbonyl (C=O) groups is 1. The summed E-state index contributed by atoms with van der Waals surface area (Å²) in [7, 11) is 0. The van der Waals surface area contributed by atoms with E-state index in [0.29, 0.717) is 6.42 Å². The van der Waals surface area contributed by atoms with Crippen molar-refractivity contribution in [3.8, 4) is 0 Å². The molecule has 1 rings (SSSR count). The van der Waals surface area contributed by atoms with E-state index in [1.54, 1.807) is 0 Å². The Morgan fingerprint density at radius 2 is 2.20 bits per heavy atom. The van der Waals surface area contributed by atoms with Crippen LogP contribution < -0.4 is 11.1 Å². The fourth-order valence-corrected chi connectivity index (χ4v) is 2.01. The molecule has 1 aliphatic carbocycles. The van der Waals surface area contributed by atoms with Crippen LogP contribution in [0.4, 0.5) is 0 Å².